The van der Waals surface area contributed by atoms with Crippen LogP contribution in [0.1, 0.15) is 33.1 Å². The van der Waals surface area contributed by atoms with Crippen LogP contribution in [0.2, 0.25) is 0 Å². The van der Waals surface area contributed by atoms with Crippen molar-refractivity contribution in [3.63, 3.8) is 0 Å². The van der Waals surface area contributed by atoms with Gasteiger partial charge in [-0.2, -0.15) is 13.2 Å². The van der Waals surface area contributed by atoms with Crippen molar-refractivity contribution in [3.05, 3.63) is 0 Å². The van der Waals surface area contributed by atoms with Gasteiger partial charge in [0.25, 0.3) is 0 Å². The lowest BCUT2D eigenvalue weighted by molar-refractivity contribution is -0.143. The third-order valence-electron chi connectivity index (χ3n) is 4.12. The minimum absolute atomic E-state index is 0.196. The van der Waals surface area contributed by atoms with Crippen LogP contribution in [0, 0.1) is 0 Å². The Morgan fingerprint density at radius 3 is 2.52 bits per heavy atom. The number of guanidine groups is 1. The van der Waals surface area contributed by atoms with E-state index in [-0.39, 0.29) is 12.1 Å². The summed E-state index contributed by atoms with van der Waals surface area (Å²) in [6, 6.07) is 0.196. The number of aliphatic imine (C=N–C) groups is 1. The smallest absolute Gasteiger partial charge is 0.409 e. The molecule has 1 rings (SSSR count). The molecule has 7 nitrogen and oxygen atoms in total. The number of carbonyl (C=O) groups is 1. The van der Waals surface area contributed by atoms with Crippen LogP contribution in [0.4, 0.5) is 18.0 Å². The van der Waals surface area contributed by atoms with E-state index >= 15 is 0 Å². The van der Waals surface area contributed by atoms with Crippen molar-refractivity contribution in [2.75, 3.05) is 52.9 Å². The minimum atomic E-state index is -4.17. The van der Waals surface area contributed by atoms with Crippen LogP contribution in [0.15, 0.2) is 4.99 Å². The van der Waals surface area contributed by atoms with E-state index in [1.165, 1.54) is 11.9 Å². The molecule has 1 aliphatic heterocycles. The molecule has 27 heavy (non-hydrogen) atoms. The number of nitrogens with one attached hydrogen (secondary N) is 2. The van der Waals surface area contributed by atoms with Crippen LogP contribution in [0.3, 0.4) is 0 Å². The highest BCUT2D eigenvalue weighted by Gasteiger charge is 2.28. The fourth-order valence-corrected chi connectivity index (χ4v) is 2.85. The number of hydrogen-bond donors (Lipinski definition) is 2. The van der Waals surface area contributed by atoms with Crippen LogP contribution in [-0.4, -0.2) is 87.0 Å². The Morgan fingerprint density at radius 1 is 1.30 bits per heavy atom. The van der Waals surface area contributed by atoms with Gasteiger partial charge in [0.2, 0.25) is 0 Å². The lowest BCUT2D eigenvalue weighted by Crippen LogP contribution is -2.50. The molecule has 1 aliphatic rings. The zero-order chi connectivity index (χ0) is 20.3. The quantitative estimate of drug-likeness (QED) is 0.374. The Hall–Kier alpha value is -1.71. The average molecular weight is 395 g/mol. The predicted octanol–water partition coefficient (Wildman–Crippen LogP) is 2.05. The first-order valence-corrected chi connectivity index (χ1v) is 9.47. The molecule has 0 spiro atoms. The van der Waals surface area contributed by atoms with Crippen LogP contribution in [0.25, 0.3) is 0 Å². The number of alkyl halides is 3. The van der Waals surface area contributed by atoms with Crippen molar-refractivity contribution < 1.29 is 22.7 Å². The summed E-state index contributed by atoms with van der Waals surface area (Å²) < 4.78 is 41.9. The normalized spacial score (nSPS) is 16.6. The molecule has 0 saturated carbocycles. The fraction of sp³-hybridized carbons (Fsp3) is 0.882. The zero-order valence-corrected chi connectivity index (χ0v) is 16.4. The molecule has 0 aromatic carbocycles. The van der Waals surface area contributed by atoms with Gasteiger partial charge in [-0.3, -0.25) is 9.89 Å². The summed E-state index contributed by atoms with van der Waals surface area (Å²) in [6.07, 6.45) is -2.33. The van der Waals surface area contributed by atoms with E-state index in [1.54, 1.807) is 11.8 Å². The molecule has 1 heterocycles. The molecule has 1 saturated heterocycles. The number of hydrogen-bond acceptors (Lipinski definition) is 4. The molecule has 158 valence electrons. The molecule has 0 radical (unpaired) electrons. The van der Waals surface area contributed by atoms with Gasteiger partial charge < -0.3 is 20.3 Å². The number of carbonyl (C=O) groups excluding carboxylic acids is 1. The molecule has 2 N–H and O–H groups in total. The van der Waals surface area contributed by atoms with Crippen LogP contribution in [0.5, 0.6) is 0 Å². The highest BCUT2D eigenvalue weighted by atomic mass is 19.4. The molecule has 1 fully saturated rings. The van der Waals surface area contributed by atoms with Gasteiger partial charge in [0.15, 0.2) is 5.96 Å². The third-order valence-corrected chi connectivity index (χ3v) is 4.12. The van der Waals surface area contributed by atoms with Gasteiger partial charge in [0, 0.05) is 32.2 Å². The Bertz CT molecular complexity index is 466. The molecular formula is C17H32F3N5O2. The zero-order valence-electron chi connectivity index (χ0n) is 16.4. The van der Waals surface area contributed by atoms with Crippen molar-refractivity contribution in [2.24, 2.45) is 4.99 Å². The maximum atomic E-state index is 12.3. The van der Waals surface area contributed by atoms with Crippen molar-refractivity contribution in [3.8, 4) is 0 Å². The van der Waals surface area contributed by atoms with Gasteiger partial charge in [-0.25, -0.2) is 4.79 Å². The number of halogens is 3. The topological polar surface area (TPSA) is 69.2 Å². The summed E-state index contributed by atoms with van der Waals surface area (Å²) in [7, 11) is 1.46. The summed E-state index contributed by atoms with van der Waals surface area (Å²) in [6.45, 7) is 5.92. The number of amides is 1. The van der Waals surface area contributed by atoms with Gasteiger partial charge in [0.05, 0.1) is 13.2 Å². The van der Waals surface area contributed by atoms with Crippen molar-refractivity contribution in [1.29, 1.82) is 0 Å². The van der Waals surface area contributed by atoms with Crippen LogP contribution in [-0.2, 0) is 4.74 Å². The molecule has 0 atom stereocenters. The summed E-state index contributed by atoms with van der Waals surface area (Å²) in [5.41, 5.74) is 0. The number of rotatable bonds is 8. The van der Waals surface area contributed by atoms with Crippen LogP contribution >= 0.6 is 0 Å². The number of ether oxygens (including phenoxy) is 1. The molecule has 1 amide bonds. The fourth-order valence-electron chi connectivity index (χ4n) is 2.85. The molecule has 0 aromatic rings. The Kier molecular flexibility index (Phi) is 10.3. The monoisotopic (exact) mass is 395 g/mol. The maximum Gasteiger partial charge on any atom is 0.409 e. The summed E-state index contributed by atoms with van der Waals surface area (Å²) in [5, 5.41) is 6.49. The van der Waals surface area contributed by atoms with Gasteiger partial charge >= 0.3 is 12.3 Å². The van der Waals surface area contributed by atoms with E-state index in [2.05, 4.69) is 15.6 Å². The van der Waals surface area contributed by atoms with E-state index in [4.69, 9.17) is 4.74 Å². The predicted molar refractivity (Wildman–Crippen MR) is 98.9 cm³/mol. The molecular weight excluding hydrogens is 363 g/mol. The molecule has 0 aromatic heterocycles. The van der Waals surface area contributed by atoms with E-state index in [0.717, 1.165) is 12.8 Å². The van der Waals surface area contributed by atoms with Gasteiger partial charge in [-0.05, 0) is 46.7 Å². The molecule has 10 heteroatoms. The van der Waals surface area contributed by atoms with Crippen molar-refractivity contribution in [2.45, 2.75) is 45.3 Å². The first kappa shape index (κ1) is 23.3. The lowest BCUT2D eigenvalue weighted by atomic mass is 10.1. The van der Waals surface area contributed by atoms with Gasteiger partial charge in [-0.1, -0.05) is 0 Å². The largest absolute Gasteiger partial charge is 0.450 e. The SMILES string of the molecule is CCNC(=NCCCN(C)CC(F)(F)F)NC1CCN(C(=O)OCC)CC1. The number of nitrogens with zero attached hydrogens (tertiary/aromatic N) is 3. The van der Waals surface area contributed by atoms with E-state index in [0.29, 0.717) is 51.7 Å². The van der Waals surface area contributed by atoms with Crippen LogP contribution < -0.4 is 10.6 Å². The van der Waals surface area contributed by atoms with E-state index < -0.39 is 12.7 Å². The van der Waals surface area contributed by atoms with Gasteiger partial charge in [-0.15, -0.1) is 0 Å². The van der Waals surface area contributed by atoms with Gasteiger partial charge in [0.1, 0.15) is 0 Å². The summed E-state index contributed by atoms with van der Waals surface area (Å²) >= 11 is 0. The second-order valence-corrected chi connectivity index (χ2v) is 6.57. The maximum absolute atomic E-state index is 12.3. The summed E-state index contributed by atoms with van der Waals surface area (Å²) in [5.74, 6) is 0.658. The highest BCUT2D eigenvalue weighted by Crippen LogP contribution is 2.15. The first-order valence-electron chi connectivity index (χ1n) is 9.47. The first-order chi connectivity index (χ1) is 12.7. The Balaban J connectivity index is 2.36. The standard InChI is InChI=1S/C17H32F3N5O2/c1-4-21-15(22-9-6-10-24(3)13-17(18,19)20)23-14-7-11-25(12-8-14)16(26)27-5-2/h14H,4-13H2,1-3H3,(H2,21,22,23). The van der Waals surface area contributed by atoms with E-state index in [9.17, 15) is 18.0 Å². The second kappa shape index (κ2) is 11.9. The molecule has 0 aliphatic carbocycles. The molecule has 0 unspecified atom stereocenters. The minimum Gasteiger partial charge on any atom is -0.450 e. The average Bonchev–Trinajstić information content (AvgIpc) is 2.58. The second-order valence-electron chi connectivity index (χ2n) is 6.57. The lowest BCUT2D eigenvalue weighted by Gasteiger charge is -2.32. The van der Waals surface area contributed by atoms with Crippen molar-refractivity contribution in [1.82, 2.24) is 20.4 Å². The Morgan fingerprint density at radius 2 is 1.96 bits per heavy atom. The van der Waals surface area contributed by atoms with E-state index in [1.807, 2.05) is 6.92 Å². The molecule has 0 bridgehead atoms. The van der Waals surface area contributed by atoms with Crippen molar-refractivity contribution >= 4 is 12.1 Å². The highest BCUT2D eigenvalue weighted by molar-refractivity contribution is 5.80. The summed E-state index contributed by atoms with van der Waals surface area (Å²) in [4.78, 5) is 19.1. The number of piperidine rings is 1. The number of likely N-dealkylation sites (tertiary alicyclic amines) is 1. The third kappa shape index (κ3) is 10.3. The Labute approximate surface area is 159 Å².